The van der Waals surface area contributed by atoms with Gasteiger partial charge < -0.3 is 10.1 Å². The highest BCUT2D eigenvalue weighted by atomic mass is 32.2. The molecular weight excluding hydrogens is 307 g/mol. The average Bonchev–Trinajstić information content (AvgIpc) is 3.18. The maximum absolute atomic E-state index is 12.8. The lowest BCUT2D eigenvalue weighted by atomic mass is 10.2. The summed E-state index contributed by atoms with van der Waals surface area (Å²) >= 11 is 1.24. The molecule has 1 atom stereocenters. The molecule has 116 valence electrons. The van der Waals surface area contributed by atoms with Gasteiger partial charge in [0, 0.05) is 12.3 Å². The highest BCUT2D eigenvalue weighted by molar-refractivity contribution is 7.99. The molecule has 0 aliphatic carbocycles. The van der Waals surface area contributed by atoms with Crippen molar-refractivity contribution in [2.24, 2.45) is 0 Å². The van der Waals surface area contributed by atoms with E-state index in [2.05, 4.69) is 20.5 Å². The van der Waals surface area contributed by atoms with Crippen LogP contribution in [0.5, 0.6) is 0 Å². The molecule has 1 fully saturated rings. The summed E-state index contributed by atoms with van der Waals surface area (Å²) in [6.45, 7) is 0.744. The first-order valence-electron chi connectivity index (χ1n) is 6.93. The summed E-state index contributed by atoms with van der Waals surface area (Å²) in [7, 11) is 0. The number of nitrogens with one attached hydrogen (secondary N) is 2. The number of ether oxygens (including phenoxy) is 1. The van der Waals surface area contributed by atoms with Crippen molar-refractivity contribution in [3.05, 3.63) is 35.9 Å². The summed E-state index contributed by atoms with van der Waals surface area (Å²) < 4.78 is 18.3. The molecule has 2 N–H and O–H groups in total. The van der Waals surface area contributed by atoms with Crippen molar-refractivity contribution in [2.45, 2.75) is 24.1 Å². The van der Waals surface area contributed by atoms with Gasteiger partial charge in [0.2, 0.25) is 11.1 Å². The third-order valence-corrected chi connectivity index (χ3v) is 4.02. The number of halogens is 1. The van der Waals surface area contributed by atoms with Crippen LogP contribution in [0.2, 0.25) is 0 Å². The Kier molecular flexibility index (Phi) is 4.69. The Morgan fingerprint density at radius 3 is 3.00 bits per heavy atom. The van der Waals surface area contributed by atoms with Crippen molar-refractivity contribution in [1.82, 2.24) is 15.2 Å². The van der Waals surface area contributed by atoms with E-state index in [0.29, 0.717) is 16.7 Å². The number of carbonyl (C=O) groups is 1. The van der Waals surface area contributed by atoms with E-state index in [0.717, 1.165) is 19.4 Å². The third-order valence-electron chi connectivity index (χ3n) is 3.18. The molecule has 1 aromatic carbocycles. The fourth-order valence-electron chi connectivity index (χ4n) is 2.12. The van der Waals surface area contributed by atoms with Crippen LogP contribution in [0.4, 0.5) is 10.1 Å². The van der Waals surface area contributed by atoms with E-state index in [-0.39, 0.29) is 23.6 Å². The number of hydrogen-bond donors (Lipinski definition) is 2. The van der Waals surface area contributed by atoms with Gasteiger partial charge in [-0.15, -0.1) is 5.10 Å². The zero-order chi connectivity index (χ0) is 15.4. The molecule has 1 amide bonds. The van der Waals surface area contributed by atoms with E-state index in [1.165, 1.54) is 36.0 Å². The van der Waals surface area contributed by atoms with Gasteiger partial charge in [-0.3, -0.25) is 9.89 Å². The molecule has 22 heavy (non-hydrogen) atoms. The summed E-state index contributed by atoms with van der Waals surface area (Å²) in [5.74, 6) is 0.356. The van der Waals surface area contributed by atoms with Crippen molar-refractivity contribution in [3.8, 4) is 0 Å². The van der Waals surface area contributed by atoms with Crippen LogP contribution < -0.4 is 5.32 Å². The highest BCUT2D eigenvalue weighted by Gasteiger charge is 2.21. The third kappa shape index (κ3) is 3.83. The number of anilines is 1. The molecule has 2 heterocycles. The predicted octanol–water partition coefficient (Wildman–Crippen LogP) is 2.53. The first-order valence-corrected chi connectivity index (χ1v) is 7.91. The minimum absolute atomic E-state index is 0.0186. The van der Waals surface area contributed by atoms with Gasteiger partial charge >= 0.3 is 0 Å². The molecule has 6 nitrogen and oxygen atoms in total. The zero-order valence-corrected chi connectivity index (χ0v) is 12.5. The maximum atomic E-state index is 12.8. The number of benzene rings is 1. The molecule has 2 aromatic rings. The van der Waals surface area contributed by atoms with Gasteiger partial charge in [-0.05, 0) is 37.1 Å². The van der Waals surface area contributed by atoms with Crippen molar-refractivity contribution in [1.29, 1.82) is 0 Å². The number of aromatic amines is 1. The number of amides is 1. The molecule has 3 rings (SSSR count). The van der Waals surface area contributed by atoms with Crippen LogP contribution >= 0.6 is 11.8 Å². The van der Waals surface area contributed by atoms with Gasteiger partial charge in [0.25, 0.3) is 0 Å². The summed E-state index contributed by atoms with van der Waals surface area (Å²) in [5, 5.41) is 10.1. The number of thioether (sulfide) groups is 1. The summed E-state index contributed by atoms with van der Waals surface area (Å²) in [5.41, 5.74) is 0.557. The molecular formula is C14H15FN4O2S. The Bertz CT molecular complexity index is 641. The molecule has 0 radical (unpaired) electrons. The van der Waals surface area contributed by atoms with E-state index >= 15 is 0 Å². The van der Waals surface area contributed by atoms with Crippen molar-refractivity contribution in [2.75, 3.05) is 17.7 Å². The first kappa shape index (κ1) is 15.0. The SMILES string of the molecule is O=C(CSc1n[nH]c([C@H]2CCCO2)n1)Nc1ccc(F)cc1. The van der Waals surface area contributed by atoms with Crippen LogP contribution in [0.25, 0.3) is 0 Å². The number of rotatable bonds is 5. The Hall–Kier alpha value is -1.93. The van der Waals surface area contributed by atoms with Gasteiger partial charge in [-0.1, -0.05) is 11.8 Å². The topological polar surface area (TPSA) is 79.9 Å². The number of H-pyrrole nitrogens is 1. The monoisotopic (exact) mass is 322 g/mol. The van der Waals surface area contributed by atoms with E-state index < -0.39 is 0 Å². The number of hydrogen-bond acceptors (Lipinski definition) is 5. The largest absolute Gasteiger partial charge is 0.370 e. The van der Waals surface area contributed by atoms with Crippen LogP contribution in [0, 0.1) is 5.82 Å². The van der Waals surface area contributed by atoms with Crippen LogP contribution in [0.1, 0.15) is 24.8 Å². The van der Waals surface area contributed by atoms with Gasteiger partial charge in [0.05, 0.1) is 5.75 Å². The molecule has 1 aliphatic heterocycles. The molecule has 1 saturated heterocycles. The fourth-order valence-corrected chi connectivity index (χ4v) is 2.73. The van der Waals surface area contributed by atoms with Crippen LogP contribution in [0.3, 0.4) is 0 Å². The minimum atomic E-state index is -0.338. The van der Waals surface area contributed by atoms with E-state index in [9.17, 15) is 9.18 Å². The van der Waals surface area contributed by atoms with Gasteiger partial charge in [0.1, 0.15) is 11.9 Å². The van der Waals surface area contributed by atoms with Crippen molar-refractivity contribution < 1.29 is 13.9 Å². The normalized spacial score (nSPS) is 17.6. The lowest BCUT2D eigenvalue weighted by molar-refractivity contribution is -0.113. The summed E-state index contributed by atoms with van der Waals surface area (Å²) in [4.78, 5) is 16.1. The van der Waals surface area contributed by atoms with Crippen LogP contribution in [-0.2, 0) is 9.53 Å². The Labute approximate surface area is 130 Å². The van der Waals surface area contributed by atoms with E-state index in [4.69, 9.17) is 4.74 Å². The Morgan fingerprint density at radius 2 is 2.27 bits per heavy atom. The number of carbonyl (C=O) groups excluding carboxylic acids is 1. The molecule has 0 saturated carbocycles. The standard InChI is InChI=1S/C14H15FN4O2S/c15-9-3-5-10(6-4-9)16-12(20)8-22-14-17-13(18-19-14)11-2-1-7-21-11/h3-6,11H,1-2,7-8H2,(H,16,20)(H,17,18,19)/t11-/m1/s1. The molecule has 1 aliphatic rings. The lowest BCUT2D eigenvalue weighted by Gasteiger charge is -2.04. The second-order valence-electron chi connectivity index (χ2n) is 4.85. The molecule has 0 unspecified atom stereocenters. The predicted molar refractivity (Wildman–Crippen MR) is 80.1 cm³/mol. The fraction of sp³-hybridized carbons (Fsp3) is 0.357. The van der Waals surface area contributed by atoms with E-state index in [1.807, 2.05) is 0 Å². The van der Waals surface area contributed by atoms with Crippen molar-refractivity contribution >= 4 is 23.4 Å². The van der Waals surface area contributed by atoms with Gasteiger partial charge in [-0.2, -0.15) is 0 Å². The number of nitrogens with zero attached hydrogens (tertiary/aromatic N) is 2. The van der Waals surface area contributed by atoms with Crippen molar-refractivity contribution in [3.63, 3.8) is 0 Å². The Balaban J connectivity index is 1.49. The molecule has 0 spiro atoms. The zero-order valence-electron chi connectivity index (χ0n) is 11.7. The van der Waals surface area contributed by atoms with E-state index in [1.54, 1.807) is 0 Å². The lowest BCUT2D eigenvalue weighted by Crippen LogP contribution is -2.14. The van der Waals surface area contributed by atoms with Crippen LogP contribution in [-0.4, -0.2) is 33.4 Å². The molecule has 8 heteroatoms. The summed E-state index contributed by atoms with van der Waals surface area (Å²) in [6, 6.07) is 5.62. The molecule has 0 bridgehead atoms. The maximum Gasteiger partial charge on any atom is 0.234 e. The second kappa shape index (κ2) is 6.89. The molecule has 1 aromatic heterocycles. The second-order valence-corrected chi connectivity index (χ2v) is 5.79. The summed E-state index contributed by atoms with van der Waals surface area (Å²) in [6.07, 6.45) is 1.94. The smallest absolute Gasteiger partial charge is 0.234 e. The van der Waals surface area contributed by atoms with Crippen LogP contribution in [0.15, 0.2) is 29.4 Å². The number of aromatic nitrogens is 3. The first-order chi connectivity index (χ1) is 10.7. The quantitative estimate of drug-likeness (QED) is 0.827. The minimum Gasteiger partial charge on any atom is -0.370 e. The highest BCUT2D eigenvalue weighted by Crippen LogP contribution is 2.26. The average molecular weight is 322 g/mol. The van der Waals surface area contributed by atoms with Gasteiger partial charge in [-0.25, -0.2) is 9.37 Å². The Morgan fingerprint density at radius 1 is 1.45 bits per heavy atom. The van der Waals surface area contributed by atoms with Gasteiger partial charge in [0.15, 0.2) is 5.82 Å².